The van der Waals surface area contributed by atoms with Gasteiger partial charge in [0.2, 0.25) is 5.91 Å². The Bertz CT molecular complexity index is 716. The van der Waals surface area contributed by atoms with E-state index in [0.717, 1.165) is 32.5 Å². The van der Waals surface area contributed by atoms with E-state index in [1.807, 2.05) is 28.8 Å². The maximum absolute atomic E-state index is 12.4. The number of amides is 2. The van der Waals surface area contributed by atoms with Gasteiger partial charge in [0.25, 0.3) is 5.91 Å². The van der Waals surface area contributed by atoms with Crippen molar-refractivity contribution in [1.29, 1.82) is 0 Å². The minimum Gasteiger partial charge on any atom is -0.342 e. The summed E-state index contributed by atoms with van der Waals surface area (Å²) in [4.78, 5) is 31.4. The van der Waals surface area contributed by atoms with Crippen LogP contribution in [0.25, 0.3) is 0 Å². The number of anilines is 1. The van der Waals surface area contributed by atoms with E-state index in [1.54, 1.807) is 6.07 Å². The molecule has 1 fully saturated rings. The molecule has 27 heavy (non-hydrogen) atoms. The van der Waals surface area contributed by atoms with Gasteiger partial charge in [-0.15, -0.1) is 47.5 Å². The molecule has 0 aromatic carbocycles. The molecular weight excluding hydrogens is 427 g/mol. The van der Waals surface area contributed by atoms with Crippen LogP contribution in [-0.2, 0) is 11.2 Å². The van der Waals surface area contributed by atoms with Crippen molar-refractivity contribution in [3.8, 4) is 0 Å². The summed E-state index contributed by atoms with van der Waals surface area (Å²) in [6.45, 7) is 2.65. The summed E-state index contributed by atoms with van der Waals surface area (Å²) in [6, 6.07) is 3.61. The molecule has 1 saturated heterocycles. The number of rotatable bonds is 6. The fourth-order valence-corrected chi connectivity index (χ4v) is 4.28. The third kappa shape index (κ3) is 6.73. The predicted molar refractivity (Wildman–Crippen MR) is 116 cm³/mol. The van der Waals surface area contributed by atoms with E-state index in [0.29, 0.717) is 28.0 Å². The summed E-state index contributed by atoms with van der Waals surface area (Å²) in [7, 11) is 1.97. The summed E-state index contributed by atoms with van der Waals surface area (Å²) in [5.41, 5.74) is 0.717. The first-order valence-electron chi connectivity index (χ1n) is 8.37. The monoisotopic (exact) mass is 450 g/mol. The number of hydrogen-bond acceptors (Lipinski definition) is 6. The second kappa shape index (κ2) is 11.6. The van der Waals surface area contributed by atoms with Crippen LogP contribution in [0, 0.1) is 5.92 Å². The first-order valence-corrected chi connectivity index (χ1v) is 10.1. The van der Waals surface area contributed by atoms with Crippen LogP contribution >= 0.6 is 47.5 Å². The Balaban J connectivity index is 0.00000182. The van der Waals surface area contributed by atoms with Crippen LogP contribution in [0.3, 0.4) is 0 Å². The van der Waals surface area contributed by atoms with Crippen molar-refractivity contribution in [2.45, 2.75) is 19.3 Å². The van der Waals surface area contributed by atoms with E-state index in [4.69, 9.17) is 0 Å². The molecule has 2 aromatic heterocycles. The van der Waals surface area contributed by atoms with Gasteiger partial charge < -0.3 is 10.2 Å². The predicted octanol–water partition coefficient (Wildman–Crippen LogP) is 3.30. The molecule has 2 aromatic rings. The van der Waals surface area contributed by atoms with Crippen molar-refractivity contribution in [3.05, 3.63) is 33.5 Å². The lowest BCUT2D eigenvalue weighted by molar-refractivity contribution is -0.131. The van der Waals surface area contributed by atoms with Crippen LogP contribution in [0.5, 0.6) is 0 Å². The number of nitrogens with zero attached hydrogens (tertiary/aromatic N) is 2. The molecular formula is C17H24Cl2N4O2S2. The molecule has 2 amide bonds. The van der Waals surface area contributed by atoms with E-state index in [2.05, 4.69) is 15.6 Å². The Labute approximate surface area is 179 Å². The lowest BCUT2D eigenvalue weighted by Crippen LogP contribution is -2.41. The summed E-state index contributed by atoms with van der Waals surface area (Å²) in [5, 5.41) is 10.2. The highest BCUT2D eigenvalue weighted by Crippen LogP contribution is 2.20. The van der Waals surface area contributed by atoms with E-state index in [-0.39, 0.29) is 36.6 Å². The summed E-state index contributed by atoms with van der Waals surface area (Å²) < 4.78 is 0. The van der Waals surface area contributed by atoms with E-state index in [1.165, 1.54) is 22.7 Å². The summed E-state index contributed by atoms with van der Waals surface area (Å²) >= 11 is 2.74. The fraction of sp³-hybridized carbons (Fsp3) is 0.471. The smallest absolute Gasteiger partial charge is 0.267 e. The van der Waals surface area contributed by atoms with E-state index < -0.39 is 0 Å². The summed E-state index contributed by atoms with van der Waals surface area (Å²) in [5.74, 6) is 0.616. The molecule has 150 valence electrons. The topological polar surface area (TPSA) is 74.3 Å². The van der Waals surface area contributed by atoms with Gasteiger partial charge >= 0.3 is 0 Å². The van der Waals surface area contributed by atoms with Gasteiger partial charge in [-0.25, -0.2) is 4.98 Å². The minimum absolute atomic E-state index is 0. The Morgan fingerprint density at radius 1 is 1.26 bits per heavy atom. The van der Waals surface area contributed by atoms with Gasteiger partial charge in [-0.2, -0.15) is 0 Å². The van der Waals surface area contributed by atoms with Crippen LogP contribution in [0.15, 0.2) is 22.9 Å². The van der Waals surface area contributed by atoms with Crippen LogP contribution in [-0.4, -0.2) is 48.4 Å². The molecule has 3 rings (SSSR count). The molecule has 10 heteroatoms. The number of halogens is 2. The number of carbonyl (C=O) groups is 2. The molecule has 0 atom stereocenters. The number of hydrogen-bond donors (Lipinski definition) is 2. The van der Waals surface area contributed by atoms with Crippen molar-refractivity contribution in [2.75, 3.05) is 32.0 Å². The molecule has 3 heterocycles. The molecule has 2 N–H and O–H groups in total. The minimum atomic E-state index is -0.158. The molecule has 0 aliphatic carbocycles. The Morgan fingerprint density at radius 3 is 2.63 bits per heavy atom. The zero-order valence-electron chi connectivity index (χ0n) is 15.0. The lowest BCUT2D eigenvalue weighted by atomic mass is 9.96. The zero-order valence-corrected chi connectivity index (χ0v) is 18.2. The van der Waals surface area contributed by atoms with Crippen LogP contribution in [0.4, 0.5) is 5.13 Å². The van der Waals surface area contributed by atoms with Crippen molar-refractivity contribution >= 4 is 64.4 Å². The number of thiazole rings is 1. The fourth-order valence-electron chi connectivity index (χ4n) is 2.95. The normalized spacial score (nSPS) is 14.2. The van der Waals surface area contributed by atoms with Crippen LogP contribution < -0.4 is 10.6 Å². The SMILES string of the molecule is CNCC1CCN(C(=O)Cc2csc(NC(=O)c3cccs3)n2)CC1.Cl.Cl. The number of piperidine rings is 1. The molecule has 0 unspecified atom stereocenters. The highest BCUT2D eigenvalue weighted by molar-refractivity contribution is 7.14. The highest BCUT2D eigenvalue weighted by Gasteiger charge is 2.23. The van der Waals surface area contributed by atoms with E-state index >= 15 is 0 Å². The quantitative estimate of drug-likeness (QED) is 0.707. The third-order valence-corrected chi connectivity index (χ3v) is 5.98. The van der Waals surface area contributed by atoms with Crippen LogP contribution in [0.2, 0.25) is 0 Å². The van der Waals surface area contributed by atoms with Crippen molar-refractivity contribution in [1.82, 2.24) is 15.2 Å². The molecule has 0 radical (unpaired) electrons. The molecule has 0 spiro atoms. The second-order valence-corrected chi connectivity index (χ2v) is 7.94. The zero-order chi connectivity index (χ0) is 17.6. The van der Waals surface area contributed by atoms with Gasteiger partial charge in [-0.05, 0) is 43.8 Å². The van der Waals surface area contributed by atoms with Crippen LogP contribution in [0.1, 0.15) is 28.2 Å². The lowest BCUT2D eigenvalue weighted by Gasteiger charge is -2.31. The largest absolute Gasteiger partial charge is 0.342 e. The van der Waals surface area contributed by atoms with Crippen molar-refractivity contribution in [2.24, 2.45) is 5.92 Å². The van der Waals surface area contributed by atoms with Gasteiger partial charge in [-0.1, -0.05) is 6.07 Å². The highest BCUT2D eigenvalue weighted by atomic mass is 35.5. The molecule has 0 bridgehead atoms. The van der Waals surface area contributed by atoms with E-state index in [9.17, 15) is 9.59 Å². The Kier molecular flexibility index (Phi) is 10.3. The number of aromatic nitrogens is 1. The van der Waals surface area contributed by atoms with Gasteiger partial charge in [0.15, 0.2) is 5.13 Å². The average Bonchev–Trinajstić information content (AvgIpc) is 3.28. The van der Waals surface area contributed by atoms with Gasteiger partial charge in [-0.3, -0.25) is 14.9 Å². The molecule has 0 saturated carbocycles. The molecule has 1 aliphatic heterocycles. The van der Waals surface area contributed by atoms with Gasteiger partial charge in [0.1, 0.15) is 0 Å². The first-order chi connectivity index (χ1) is 12.2. The number of carbonyl (C=O) groups excluding carboxylic acids is 2. The third-order valence-electron chi connectivity index (χ3n) is 4.31. The second-order valence-electron chi connectivity index (χ2n) is 6.13. The Hall–Kier alpha value is -1.19. The number of nitrogens with one attached hydrogen (secondary N) is 2. The van der Waals surface area contributed by atoms with Gasteiger partial charge in [0.05, 0.1) is 17.0 Å². The van der Waals surface area contributed by atoms with Crippen molar-refractivity contribution < 1.29 is 9.59 Å². The first kappa shape index (κ1) is 23.8. The standard InChI is InChI=1S/C17H22N4O2S2.2ClH/c1-18-10-12-4-6-21(7-5-12)15(22)9-13-11-25-17(19-13)20-16(23)14-3-2-8-24-14;;/h2-3,8,11-12,18H,4-7,9-10H2,1H3,(H,19,20,23);2*1H. The molecule has 6 nitrogen and oxygen atoms in total. The van der Waals surface area contributed by atoms with Crippen molar-refractivity contribution in [3.63, 3.8) is 0 Å². The average molecular weight is 451 g/mol. The maximum atomic E-state index is 12.4. The Morgan fingerprint density at radius 2 is 2.00 bits per heavy atom. The van der Waals surface area contributed by atoms with Gasteiger partial charge in [0, 0.05) is 18.5 Å². The number of likely N-dealkylation sites (tertiary alicyclic amines) is 1. The summed E-state index contributed by atoms with van der Waals surface area (Å²) in [6.07, 6.45) is 2.39. The maximum Gasteiger partial charge on any atom is 0.267 e. The molecule has 1 aliphatic rings. The number of thiophene rings is 1.